The molecule has 1 amide bonds. The van der Waals surface area contributed by atoms with Gasteiger partial charge in [0.1, 0.15) is 11.6 Å². The molecule has 2 aromatic carbocycles. The third-order valence-corrected chi connectivity index (χ3v) is 5.00. The van der Waals surface area contributed by atoms with Gasteiger partial charge >= 0.3 is 5.97 Å². The van der Waals surface area contributed by atoms with E-state index >= 15 is 0 Å². The molecule has 0 radical (unpaired) electrons. The molecule has 0 aliphatic carbocycles. The highest BCUT2D eigenvalue weighted by Gasteiger charge is 2.19. The number of nitriles is 1. The third kappa shape index (κ3) is 6.17. The number of amides is 1. The van der Waals surface area contributed by atoms with Crippen LogP contribution in [0.5, 0.6) is 0 Å². The summed E-state index contributed by atoms with van der Waals surface area (Å²) >= 11 is 0. The molecule has 0 aromatic heterocycles. The highest BCUT2D eigenvalue weighted by Crippen LogP contribution is 2.18. The zero-order valence-corrected chi connectivity index (χ0v) is 17.6. The van der Waals surface area contributed by atoms with Gasteiger partial charge in [0.25, 0.3) is 5.91 Å². The SMILES string of the molecule is CCOC(=O)c1ccccc1NC(=O)/C(C#N)=C\N1CCN(Cc2ccccc2)CC1. The van der Waals surface area contributed by atoms with Crippen LogP contribution in [-0.4, -0.2) is 54.5 Å². The predicted octanol–water partition coefficient (Wildman–Crippen LogP) is 3.03. The molecule has 2 aromatic rings. The Hall–Kier alpha value is -3.63. The van der Waals surface area contributed by atoms with Gasteiger partial charge in [-0.15, -0.1) is 0 Å². The third-order valence-electron chi connectivity index (χ3n) is 5.00. The fourth-order valence-corrected chi connectivity index (χ4v) is 3.38. The molecule has 1 saturated heterocycles. The minimum absolute atomic E-state index is 0.00447. The molecule has 7 heteroatoms. The second-order valence-corrected chi connectivity index (χ2v) is 7.17. The molecule has 31 heavy (non-hydrogen) atoms. The van der Waals surface area contributed by atoms with Crippen LogP contribution >= 0.6 is 0 Å². The van der Waals surface area contributed by atoms with Gasteiger partial charge in [-0.25, -0.2) is 4.79 Å². The number of esters is 1. The van der Waals surface area contributed by atoms with Crippen LogP contribution in [0.1, 0.15) is 22.8 Å². The molecule has 7 nitrogen and oxygen atoms in total. The minimum atomic E-state index is -0.550. The Morgan fingerprint density at radius 2 is 1.74 bits per heavy atom. The predicted molar refractivity (Wildman–Crippen MR) is 118 cm³/mol. The van der Waals surface area contributed by atoms with Crippen molar-refractivity contribution in [2.45, 2.75) is 13.5 Å². The van der Waals surface area contributed by atoms with E-state index in [1.165, 1.54) is 5.56 Å². The van der Waals surface area contributed by atoms with Gasteiger partial charge in [-0.05, 0) is 24.6 Å². The first-order valence-corrected chi connectivity index (χ1v) is 10.3. The Bertz CT molecular complexity index is 974. The summed E-state index contributed by atoms with van der Waals surface area (Å²) < 4.78 is 5.03. The Balaban J connectivity index is 1.60. The normalized spacial score (nSPS) is 14.6. The summed E-state index contributed by atoms with van der Waals surface area (Å²) in [6.07, 6.45) is 1.60. The number of carbonyl (C=O) groups is 2. The molecule has 160 valence electrons. The van der Waals surface area contributed by atoms with Gasteiger partial charge < -0.3 is 15.0 Å². The highest BCUT2D eigenvalue weighted by atomic mass is 16.5. The lowest BCUT2D eigenvalue weighted by Crippen LogP contribution is -2.43. The van der Waals surface area contributed by atoms with E-state index in [0.29, 0.717) is 5.69 Å². The van der Waals surface area contributed by atoms with Crippen molar-refractivity contribution in [3.63, 3.8) is 0 Å². The van der Waals surface area contributed by atoms with Crippen molar-refractivity contribution >= 4 is 17.6 Å². The van der Waals surface area contributed by atoms with Gasteiger partial charge in [0.2, 0.25) is 0 Å². The van der Waals surface area contributed by atoms with E-state index in [1.54, 1.807) is 37.4 Å². The van der Waals surface area contributed by atoms with E-state index in [-0.39, 0.29) is 17.7 Å². The molecule has 3 rings (SSSR count). The molecule has 0 saturated carbocycles. The van der Waals surface area contributed by atoms with Crippen LogP contribution in [0.25, 0.3) is 0 Å². The number of benzene rings is 2. The second kappa shape index (κ2) is 11.0. The van der Waals surface area contributed by atoms with E-state index in [2.05, 4.69) is 22.3 Å². The van der Waals surface area contributed by atoms with Crippen molar-refractivity contribution in [1.29, 1.82) is 5.26 Å². The number of carbonyl (C=O) groups excluding carboxylic acids is 2. The van der Waals surface area contributed by atoms with Crippen molar-refractivity contribution in [3.05, 3.63) is 77.5 Å². The smallest absolute Gasteiger partial charge is 0.340 e. The van der Waals surface area contributed by atoms with Gasteiger partial charge in [0, 0.05) is 38.9 Å². The lowest BCUT2D eigenvalue weighted by atomic mass is 10.1. The number of hydrogen-bond acceptors (Lipinski definition) is 6. The first-order valence-electron chi connectivity index (χ1n) is 10.3. The lowest BCUT2D eigenvalue weighted by molar-refractivity contribution is -0.112. The molecule has 1 aliphatic heterocycles. The molecule has 0 spiro atoms. The van der Waals surface area contributed by atoms with E-state index in [4.69, 9.17) is 4.74 Å². The van der Waals surface area contributed by atoms with E-state index in [1.807, 2.05) is 29.2 Å². The van der Waals surface area contributed by atoms with Gasteiger partial charge in [-0.3, -0.25) is 9.69 Å². The largest absolute Gasteiger partial charge is 0.462 e. The van der Waals surface area contributed by atoms with Crippen LogP contribution < -0.4 is 5.32 Å². The number of nitrogens with one attached hydrogen (secondary N) is 1. The first-order chi connectivity index (χ1) is 15.1. The average Bonchev–Trinajstić information content (AvgIpc) is 2.79. The van der Waals surface area contributed by atoms with Gasteiger partial charge in [-0.2, -0.15) is 5.26 Å². The van der Waals surface area contributed by atoms with Gasteiger partial charge in [-0.1, -0.05) is 42.5 Å². The van der Waals surface area contributed by atoms with Crippen molar-refractivity contribution in [1.82, 2.24) is 9.80 Å². The summed E-state index contributed by atoms with van der Waals surface area (Å²) in [6, 6.07) is 18.9. The molecule has 0 atom stereocenters. The Morgan fingerprint density at radius 3 is 2.42 bits per heavy atom. The number of ether oxygens (including phenoxy) is 1. The molecule has 1 aliphatic rings. The molecule has 0 unspecified atom stereocenters. The topological polar surface area (TPSA) is 85.7 Å². The van der Waals surface area contributed by atoms with Crippen LogP contribution in [0.15, 0.2) is 66.4 Å². The maximum absolute atomic E-state index is 12.7. The van der Waals surface area contributed by atoms with Crippen LogP contribution in [0.3, 0.4) is 0 Å². The summed E-state index contributed by atoms with van der Waals surface area (Å²) in [5.41, 5.74) is 1.84. The number of rotatable bonds is 7. The second-order valence-electron chi connectivity index (χ2n) is 7.17. The molecule has 0 bridgehead atoms. The zero-order valence-electron chi connectivity index (χ0n) is 17.6. The lowest BCUT2D eigenvalue weighted by Gasteiger charge is -2.34. The van der Waals surface area contributed by atoms with Gasteiger partial charge in [0.05, 0.1) is 17.9 Å². The van der Waals surface area contributed by atoms with Crippen molar-refractivity contribution in [3.8, 4) is 6.07 Å². The molecule has 1 fully saturated rings. The Morgan fingerprint density at radius 1 is 1.06 bits per heavy atom. The molecule has 1 heterocycles. The van der Waals surface area contributed by atoms with Crippen molar-refractivity contribution in [2.24, 2.45) is 0 Å². The molecule has 1 N–H and O–H groups in total. The zero-order chi connectivity index (χ0) is 22.1. The maximum atomic E-state index is 12.7. The summed E-state index contributed by atoms with van der Waals surface area (Å²) in [7, 11) is 0. The molecular weight excluding hydrogens is 392 g/mol. The van der Waals surface area contributed by atoms with Crippen LogP contribution in [0, 0.1) is 11.3 Å². The quantitative estimate of drug-likeness (QED) is 0.423. The number of hydrogen-bond donors (Lipinski definition) is 1. The van der Waals surface area contributed by atoms with Crippen molar-refractivity contribution in [2.75, 3.05) is 38.1 Å². The Labute approximate surface area is 182 Å². The van der Waals surface area contributed by atoms with E-state index < -0.39 is 11.9 Å². The van der Waals surface area contributed by atoms with Crippen LogP contribution in [0.4, 0.5) is 5.69 Å². The van der Waals surface area contributed by atoms with Gasteiger partial charge in [0.15, 0.2) is 0 Å². The molecular formula is C24H26N4O3. The van der Waals surface area contributed by atoms with Crippen LogP contribution in [0.2, 0.25) is 0 Å². The minimum Gasteiger partial charge on any atom is -0.462 e. The first kappa shape index (κ1) is 22.1. The van der Waals surface area contributed by atoms with Crippen molar-refractivity contribution < 1.29 is 14.3 Å². The number of anilines is 1. The summed E-state index contributed by atoms with van der Waals surface area (Å²) in [4.78, 5) is 29.1. The Kier molecular flexibility index (Phi) is 7.79. The fourth-order valence-electron chi connectivity index (χ4n) is 3.38. The number of piperazine rings is 1. The summed E-state index contributed by atoms with van der Waals surface area (Å²) in [5, 5.41) is 12.2. The average molecular weight is 418 g/mol. The summed E-state index contributed by atoms with van der Waals surface area (Å²) in [5.74, 6) is -1.07. The number of para-hydroxylation sites is 1. The van der Waals surface area contributed by atoms with E-state index in [9.17, 15) is 14.9 Å². The highest BCUT2D eigenvalue weighted by molar-refractivity contribution is 6.09. The number of nitrogens with zero attached hydrogens (tertiary/aromatic N) is 3. The van der Waals surface area contributed by atoms with Crippen LogP contribution in [-0.2, 0) is 16.1 Å². The maximum Gasteiger partial charge on any atom is 0.340 e. The summed E-state index contributed by atoms with van der Waals surface area (Å²) in [6.45, 7) is 5.98. The monoisotopic (exact) mass is 418 g/mol. The van der Waals surface area contributed by atoms with E-state index in [0.717, 1.165) is 32.7 Å². The standard InChI is InChI=1S/C24H26N4O3/c1-2-31-24(30)21-10-6-7-11-22(21)26-23(29)20(16-25)18-28-14-12-27(13-15-28)17-19-8-4-3-5-9-19/h3-11,18H,2,12-15,17H2,1H3,(H,26,29)/b20-18-. The fraction of sp³-hybridized carbons (Fsp3) is 0.292.